The van der Waals surface area contributed by atoms with Crippen molar-refractivity contribution in [2.75, 3.05) is 0 Å². The van der Waals surface area contributed by atoms with Gasteiger partial charge in [0.25, 0.3) is 0 Å². The van der Waals surface area contributed by atoms with Gasteiger partial charge in [0.05, 0.1) is 0 Å². The molecule has 0 saturated carbocycles. The zero-order chi connectivity index (χ0) is 6.69. The van der Waals surface area contributed by atoms with E-state index in [9.17, 15) is 0 Å². The number of thiol groups is 1. The maximum atomic E-state index is 5.59. The van der Waals surface area contributed by atoms with Gasteiger partial charge >= 0.3 is 0 Å². The van der Waals surface area contributed by atoms with Crippen molar-refractivity contribution in [3.63, 3.8) is 0 Å². The van der Waals surface area contributed by atoms with Crippen LogP contribution >= 0.6 is 24.5 Å². The third-order valence-corrected chi connectivity index (χ3v) is 1.38. The molecule has 0 amide bonds. The van der Waals surface area contributed by atoms with Gasteiger partial charge in [-0.25, -0.2) is 0 Å². The van der Waals surface area contributed by atoms with Crippen molar-refractivity contribution in [1.29, 1.82) is 0 Å². The lowest BCUT2D eigenvalue weighted by Crippen LogP contribution is -1.71. The minimum absolute atomic E-state index is 0.697. The summed E-state index contributed by atoms with van der Waals surface area (Å²) in [7, 11) is 0. The van der Waals surface area contributed by atoms with Crippen molar-refractivity contribution < 1.29 is 4.18 Å². The Bertz CT molecular complexity index is 185. The van der Waals surface area contributed by atoms with Gasteiger partial charge < -0.3 is 4.18 Å². The molecule has 0 radical (unpaired) electrons. The molecule has 1 nitrogen and oxygen atoms in total. The molecule has 3 heteroatoms. The second-order valence-corrected chi connectivity index (χ2v) is 2.16. The molecule has 48 valence electrons. The second-order valence-electron chi connectivity index (χ2n) is 1.55. The largest absolute Gasteiger partial charge is 0.429 e. The van der Waals surface area contributed by atoms with Crippen molar-refractivity contribution in [2.24, 2.45) is 0 Å². The Morgan fingerprint density at radius 2 is 1.78 bits per heavy atom. The van der Waals surface area contributed by atoms with E-state index in [0.29, 0.717) is 10.8 Å². The molecule has 0 bridgehead atoms. The van der Waals surface area contributed by atoms with Crippen LogP contribution in [0.3, 0.4) is 0 Å². The molecule has 0 atom stereocenters. The van der Waals surface area contributed by atoms with Crippen LogP contribution in [0.2, 0.25) is 5.02 Å². The Morgan fingerprint density at radius 1 is 1.22 bits per heavy atom. The van der Waals surface area contributed by atoms with E-state index in [0.717, 1.165) is 0 Å². The monoisotopic (exact) mass is 160 g/mol. The van der Waals surface area contributed by atoms with Crippen LogP contribution in [-0.2, 0) is 0 Å². The predicted octanol–water partition coefficient (Wildman–Crippen LogP) is 2.56. The molecule has 1 aromatic carbocycles. The van der Waals surface area contributed by atoms with Gasteiger partial charge in [0.15, 0.2) is 0 Å². The third-order valence-electron chi connectivity index (χ3n) is 0.919. The van der Waals surface area contributed by atoms with Gasteiger partial charge in [0, 0.05) is 17.9 Å². The highest BCUT2D eigenvalue weighted by atomic mass is 35.5. The van der Waals surface area contributed by atoms with Crippen molar-refractivity contribution in [3.05, 3.63) is 29.3 Å². The summed E-state index contributed by atoms with van der Waals surface area (Å²) in [6.07, 6.45) is 0. The molecule has 0 unspecified atom stereocenters. The average Bonchev–Trinajstić information content (AvgIpc) is 1.90. The first kappa shape index (κ1) is 6.78. The van der Waals surface area contributed by atoms with Crippen LogP contribution in [0, 0.1) is 0 Å². The van der Waals surface area contributed by atoms with Crippen LogP contribution in [0.4, 0.5) is 0 Å². The first-order chi connectivity index (χ1) is 4.33. The molecule has 0 aliphatic rings. The van der Waals surface area contributed by atoms with Gasteiger partial charge in [-0.2, -0.15) is 0 Å². The number of benzene rings is 1. The second kappa shape index (κ2) is 2.99. The fraction of sp³-hybridized carbons (Fsp3) is 0. The minimum atomic E-state index is 0.697. The van der Waals surface area contributed by atoms with Gasteiger partial charge in [-0.05, 0) is 24.3 Å². The molecule has 0 aliphatic heterocycles. The molecule has 0 saturated heterocycles. The molecule has 0 aromatic heterocycles. The topological polar surface area (TPSA) is 9.23 Å². The summed E-state index contributed by atoms with van der Waals surface area (Å²) < 4.78 is 4.60. The normalized spacial score (nSPS) is 9.11. The molecule has 0 aliphatic carbocycles. The summed E-state index contributed by atoms with van der Waals surface area (Å²) in [4.78, 5) is 0. The highest BCUT2D eigenvalue weighted by Crippen LogP contribution is 2.15. The van der Waals surface area contributed by atoms with E-state index in [-0.39, 0.29) is 0 Å². The molecule has 9 heavy (non-hydrogen) atoms. The van der Waals surface area contributed by atoms with Crippen LogP contribution in [0.25, 0.3) is 0 Å². The molecular formula is C6H5ClOS. The van der Waals surface area contributed by atoms with E-state index < -0.39 is 0 Å². The molecule has 1 rings (SSSR count). The average molecular weight is 161 g/mol. The number of hydrogen-bond acceptors (Lipinski definition) is 2. The van der Waals surface area contributed by atoms with Crippen molar-refractivity contribution in [3.8, 4) is 5.75 Å². The fourth-order valence-electron chi connectivity index (χ4n) is 0.495. The van der Waals surface area contributed by atoms with E-state index in [1.807, 2.05) is 0 Å². The summed E-state index contributed by atoms with van der Waals surface area (Å²) in [6.45, 7) is 0. The van der Waals surface area contributed by atoms with Crippen molar-refractivity contribution >= 4 is 24.5 Å². The quantitative estimate of drug-likeness (QED) is 0.491. The van der Waals surface area contributed by atoms with Gasteiger partial charge in [-0.15, -0.1) is 0 Å². The smallest absolute Gasteiger partial charge is 0.137 e. The molecule has 0 heterocycles. The SMILES string of the molecule is SOc1ccc(Cl)cc1. The fourth-order valence-corrected chi connectivity index (χ4v) is 0.743. The standard InChI is InChI=1S/C6H5ClOS/c7-5-1-3-6(8-9)4-2-5/h1-4,9H. The highest BCUT2D eigenvalue weighted by Gasteiger charge is 1.88. The maximum absolute atomic E-state index is 5.59. The summed E-state index contributed by atoms with van der Waals surface area (Å²) in [5, 5.41) is 0.698. The molecule has 0 N–H and O–H groups in total. The lowest BCUT2D eigenvalue weighted by molar-refractivity contribution is 0.659. The van der Waals surface area contributed by atoms with Gasteiger partial charge in [-0.1, -0.05) is 11.6 Å². The van der Waals surface area contributed by atoms with Crippen molar-refractivity contribution in [1.82, 2.24) is 0 Å². The summed E-state index contributed by atoms with van der Waals surface area (Å²) in [5.74, 6) is 0.697. The van der Waals surface area contributed by atoms with Crippen LogP contribution in [0.5, 0.6) is 5.75 Å². The number of hydrogen-bond donors (Lipinski definition) is 1. The minimum Gasteiger partial charge on any atom is -0.429 e. The van der Waals surface area contributed by atoms with E-state index in [2.05, 4.69) is 17.1 Å². The van der Waals surface area contributed by atoms with Gasteiger partial charge in [0.1, 0.15) is 5.75 Å². The Labute approximate surface area is 64.2 Å². The number of halogens is 1. The third kappa shape index (κ3) is 1.80. The first-order valence-corrected chi connectivity index (χ1v) is 3.14. The maximum Gasteiger partial charge on any atom is 0.137 e. The van der Waals surface area contributed by atoms with Crippen LogP contribution in [0.1, 0.15) is 0 Å². The Balaban J connectivity index is 2.88. The van der Waals surface area contributed by atoms with E-state index in [4.69, 9.17) is 11.6 Å². The lowest BCUT2D eigenvalue weighted by Gasteiger charge is -1.94. The van der Waals surface area contributed by atoms with Crippen molar-refractivity contribution in [2.45, 2.75) is 0 Å². The molecule has 1 aromatic rings. The highest BCUT2D eigenvalue weighted by molar-refractivity contribution is 7.75. The molecule has 0 spiro atoms. The molecule has 0 fully saturated rings. The zero-order valence-electron chi connectivity index (χ0n) is 4.54. The van der Waals surface area contributed by atoms with Crippen LogP contribution in [-0.4, -0.2) is 0 Å². The van der Waals surface area contributed by atoms with Gasteiger partial charge in [-0.3, -0.25) is 0 Å². The van der Waals surface area contributed by atoms with E-state index in [1.54, 1.807) is 24.3 Å². The first-order valence-electron chi connectivity index (χ1n) is 2.40. The lowest BCUT2D eigenvalue weighted by atomic mass is 10.3. The van der Waals surface area contributed by atoms with Crippen LogP contribution in [0.15, 0.2) is 24.3 Å². The Kier molecular flexibility index (Phi) is 2.25. The Morgan fingerprint density at radius 3 is 2.22 bits per heavy atom. The zero-order valence-corrected chi connectivity index (χ0v) is 6.19. The summed E-state index contributed by atoms with van der Waals surface area (Å²) in [5.41, 5.74) is 0. The number of rotatable bonds is 1. The Hall–Kier alpha value is -0.340. The summed E-state index contributed by atoms with van der Waals surface area (Å²) >= 11 is 9.19. The van der Waals surface area contributed by atoms with E-state index >= 15 is 0 Å². The van der Waals surface area contributed by atoms with E-state index in [1.165, 1.54) is 0 Å². The van der Waals surface area contributed by atoms with Crippen LogP contribution < -0.4 is 4.18 Å². The summed E-state index contributed by atoms with van der Waals surface area (Å²) in [6, 6.07) is 6.98. The van der Waals surface area contributed by atoms with Gasteiger partial charge in [0.2, 0.25) is 0 Å². The molecular weight excluding hydrogens is 156 g/mol. The predicted molar refractivity (Wildman–Crippen MR) is 41.1 cm³/mol.